The van der Waals surface area contributed by atoms with Gasteiger partial charge in [-0.2, -0.15) is 0 Å². The lowest BCUT2D eigenvalue weighted by molar-refractivity contribution is 1.52. The van der Waals surface area contributed by atoms with Gasteiger partial charge in [0.05, 0.1) is 0 Å². The van der Waals surface area contributed by atoms with Gasteiger partial charge in [0.25, 0.3) is 0 Å². The molecule has 0 amide bonds. The molecule has 0 saturated heterocycles. The second kappa shape index (κ2) is 4.53. The molecule has 0 aliphatic carbocycles. The molecule has 0 aliphatic heterocycles. The molecule has 0 radical (unpaired) electrons. The van der Waals surface area contributed by atoms with Crippen LogP contribution in [0.5, 0.6) is 0 Å². The fourth-order valence-corrected chi connectivity index (χ4v) is 1.54. The molecule has 2 rings (SSSR count). The first-order valence-corrected chi connectivity index (χ1v) is 5.05. The minimum Gasteiger partial charge on any atom is -0.308 e. The number of hydrogen-bond donors (Lipinski definition) is 2. The Hall–Kier alpha value is -2.22. The Morgan fingerprint density at radius 2 is 0.875 bits per heavy atom. The van der Waals surface area contributed by atoms with E-state index >= 15 is 0 Å². The molecule has 2 N–H and O–H groups in total. The molecule has 78 valence electrons. The van der Waals surface area contributed by atoms with E-state index < -0.39 is 0 Å². The molecule has 0 fully saturated rings. The Bertz CT molecular complexity index is 446. The van der Waals surface area contributed by atoms with Gasteiger partial charge < -0.3 is 10.8 Å². The van der Waals surface area contributed by atoms with Crippen molar-refractivity contribution in [1.82, 2.24) is 0 Å². The fraction of sp³-hybridized carbons (Fsp3) is 0. The summed E-state index contributed by atoms with van der Waals surface area (Å²) in [6.45, 7) is 0. The summed E-state index contributed by atoms with van der Waals surface area (Å²) in [7, 11) is 0. The molecule has 0 aromatic heterocycles. The van der Waals surface area contributed by atoms with E-state index in [0.29, 0.717) is 0 Å². The molecule has 16 heavy (non-hydrogen) atoms. The van der Waals surface area contributed by atoms with Crippen LogP contribution in [0.15, 0.2) is 48.5 Å². The topological polar surface area (TPSA) is 47.7 Å². The summed E-state index contributed by atoms with van der Waals surface area (Å²) in [5.41, 5.74) is 4.06. The minimum absolute atomic E-state index is 0.903. The highest BCUT2D eigenvalue weighted by atomic mass is 14.3. The Morgan fingerprint density at radius 1 is 0.562 bits per heavy atom. The Morgan fingerprint density at radius 3 is 1.12 bits per heavy atom. The van der Waals surface area contributed by atoms with Gasteiger partial charge in [0.15, 0.2) is 0 Å². The highest BCUT2D eigenvalue weighted by molar-refractivity contribution is 5.80. The third-order valence-corrected chi connectivity index (χ3v) is 2.49. The quantitative estimate of drug-likeness (QED) is 0.727. The van der Waals surface area contributed by atoms with E-state index in [1.807, 2.05) is 48.5 Å². The molecule has 0 bridgehead atoms. The van der Waals surface area contributed by atoms with Crippen molar-refractivity contribution in [2.24, 2.45) is 0 Å². The van der Waals surface area contributed by atoms with E-state index in [1.165, 1.54) is 12.4 Å². The van der Waals surface area contributed by atoms with E-state index in [9.17, 15) is 0 Å². The van der Waals surface area contributed by atoms with E-state index in [1.54, 1.807) is 0 Å². The van der Waals surface area contributed by atoms with Gasteiger partial charge in [0, 0.05) is 12.4 Å². The minimum atomic E-state index is 0.903. The molecule has 0 unspecified atom stereocenters. The summed E-state index contributed by atoms with van der Waals surface area (Å²) >= 11 is 0. The summed E-state index contributed by atoms with van der Waals surface area (Å²) < 4.78 is 0. The highest BCUT2D eigenvalue weighted by Gasteiger charge is 1.97. The summed E-state index contributed by atoms with van der Waals surface area (Å²) in [4.78, 5) is 0. The van der Waals surface area contributed by atoms with Crippen LogP contribution >= 0.6 is 0 Å². The van der Waals surface area contributed by atoms with Gasteiger partial charge in [-0.3, -0.25) is 0 Å². The zero-order valence-corrected chi connectivity index (χ0v) is 8.77. The standard InChI is InChI=1S/C14H12N2/c15-9-11-1-5-13(6-2-11)14-7-3-12(10-16)4-8-14/h1-10,15-16H. The van der Waals surface area contributed by atoms with Crippen LogP contribution < -0.4 is 0 Å². The van der Waals surface area contributed by atoms with Crippen molar-refractivity contribution in [3.63, 3.8) is 0 Å². The van der Waals surface area contributed by atoms with Gasteiger partial charge in [-0.15, -0.1) is 0 Å². The van der Waals surface area contributed by atoms with E-state index in [-0.39, 0.29) is 0 Å². The van der Waals surface area contributed by atoms with Crippen molar-refractivity contribution >= 4 is 12.4 Å². The molecule has 2 aromatic rings. The molecule has 2 nitrogen and oxygen atoms in total. The molecule has 0 saturated carbocycles. The van der Waals surface area contributed by atoms with E-state index in [4.69, 9.17) is 10.8 Å². The lowest BCUT2D eigenvalue weighted by Gasteiger charge is -2.02. The molecular formula is C14H12N2. The average molecular weight is 208 g/mol. The first kappa shape index (κ1) is 10.3. The van der Waals surface area contributed by atoms with Crippen molar-refractivity contribution in [2.75, 3.05) is 0 Å². The molecule has 2 heteroatoms. The first-order valence-electron chi connectivity index (χ1n) is 5.05. The number of rotatable bonds is 3. The molecule has 0 aliphatic rings. The third kappa shape index (κ3) is 2.06. The summed E-state index contributed by atoms with van der Waals surface area (Å²) in [6.07, 6.45) is 2.67. The smallest absolute Gasteiger partial charge is 0.0250 e. The monoisotopic (exact) mass is 208 g/mol. The Labute approximate surface area is 94.6 Å². The van der Waals surface area contributed by atoms with Crippen molar-refractivity contribution < 1.29 is 0 Å². The SMILES string of the molecule is N=Cc1ccc(-c2ccc(C=N)cc2)cc1. The van der Waals surface area contributed by atoms with Gasteiger partial charge in [-0.25, -0.2) is 0 Å². The van der Waals surface area contributed by atoms with Gasteiger partial charge in [-0.05, 0) is 22.3 Å². The van der Waals surface area contributed by atoms with E-state index in [2.05, 4.69) is 0 Å². The predicted octanol–water partition coefficient (Wildman–Crippen LogP) is 3.35. The molecule has 0 heterocycles. The van der Waals surface area contributed by atoms with Crippen LogP contribution in [0.3, 0.4) is 0 Å². The molecular weight excluding hydrogens is 196 g/mol. The Kier molecular flexibility index (Phi) is 2.92. The van der Waals surface area contributed by atoms with Gasteiger partial charge in [-0.1, -0.05) is 48.5 Å². The van der Waals surface area contributed by atoms with Gasteiger partial charge in [0.2, 0.25) is 0 Å². The number of nitrogens with one attached hydrogen (secondary N) is 2. The predicted molar refractivity (Wildman–Crippen MR) is 67.6 cm³/mol. The zero-order chi connectivity index (χ0) is 11.4. The van der Waals surface area contributed by atoms with Crippen LogP contribution in [-0.4, -0.2) is 12.4 Å². The maximum absolute atomic E-state index is 7.12. The summed E-state index contributed by atoms with van der Waals surface area (Å²) in [6, 6.07) is 15.7. The maximum atomic E-state index is 7.12. The zero-order valence-electron chi connectivity index (χ0n) is 8.77. The number of benzene rings is 2. The van der Waals surface area contributed by atoms with Gasteiger partial charge >= 0.3 is 0 Å². The number of hydrogen-bond acceptors (Lipinski definition) is 2. The first-order chi connectivity index (χ1) is 7.83. The maximum Gasteiger partial charge on any atom is 0.0250 e. The lowest BCUT2D eigenvalue weighted by atomic mass is 10.0. The van der Waals surface area contributed by atoms with Crippen LogP contribution in [0.4, 0.5) is 0 Å². The average Bonchev–Trinajstić information content (AvgIpc) is 2.39. The van der Waals surface area contributed by atoms with Crippen LogP contribution in [0.2, 0.25) is 0 Å². The second-order valence-electron chi connectivity index (χ2n) is 3.53. The largest absolute Gasteiger partial charge is 0.308 e. The van der Waals surface area contributed by atoms with Crippen molar-refractivity contribution in [3.8, 4) is 11.1 Å². The van der Waals surface area contributed by atoms with Gasteiger partial charge in [0.1, 0.15) is 0 Å². The van der Waals surface area contributed by atoms with Crippen molar-refractivity contribution in [2.45, 2.75) is 0 Å². The van der Waals surface area contributed by atoms with Crippen LogP contribution in [0.25, 0.3) is 11.1 Å². The normalized spacial score (nSPS) is 9.75. The lowest BCUT2D eigenvalue weighted by Crippen LogP contribution is -1.83. The summed E-state index contributed by atoms with van der Waals surface area (Å²) in [5.74, 6) is 0. The third-order valence-electron chi connectivity index (χ3n) is 2.49. The molecule has 0 atom stereocenters. The van der Waals surface area contributed by atoms with Crippen molar-refractivity contribution in [1.29, 1.82) is 10.8 Å². The van der Waals surface area contributed by atoms with Crippen LogP contribution in [-0.2, 0) is 0 Å². The highest BCUT2D eigenvalue weighted by Crippen LogP contribution is 2.19. The van der Waals surface area contributed by atoms with E-state index in [0.717, 1.165) is 22.3 Å². The van der Waals surface area contributed by atoms with Crippen LogP contribution in [0, 0.1) is 10.8 Å². The molecule has 0 spiro atoms. The summed E-state index contributed by atoms with van der Waals surface area (Å²) in [5, 5.41) is 14.2. The Balaban J connectivity index is 2.34. The molecule has 2 aromatic carbocycles. The fourth-order valence-electron chi connectivity index (χ4n) is 1.54. The van der Waals surface area contributed by atoms with Crippen LogP contribution in [0.1, 0.15) is 11.1 Å². The second-order valence-corrected chi connectivity index (χ2v) is 3.53. The van der Waals surface area contributed by atoms with Crippen molar-refractivity contribution in [3.05, 3.63) is 59.7 Å².